The number of benzene rings is 1. The number of nitrogens with one attached hydrogen (secondary N) is 2. The Kier molecular flexibility index (Phi) is 19.4. The molecule has 1 heterocycles. The van der Waals surface area contributed by atoms with Crippen molar-refractivity contribution in [3.63, 3.8) is 0 Å². The van der Waals surface area contributed by atoms with E-state index in [0.717, 1.165) is 5.56 Å². The average Bonchev–Trinajstić information content (AvgIpc) is 3.02. The predicted molar refractivity (Wildman–Crippen MR) is 209 cm³/mol. The van der Waals surface area contributed by atoms with Crippen LogP contribution in [0.1, 0.15) is 67.9 Å². The molecule has 14 nitrogen and oxygen atoms in total. The van der Waals surface area contributed by atoms with E-state index in [-0.39, 0.29) is 56.6 Å². The van der Waals surface area contributed by atoms with Gasteiger partial charge in [0.05, 0.1) is 26.2 Å². The lowest BCUT2D eigenvalue weighted by Crippen LogP contribution is -2.50. The number of carbonyl (C=O) groups excluding carboxylic acids is 4. The third-order valence-electron chi connectivity index (χ3n) is 7.81. The van der Waals surface area contributed by atoms with Gasteiger partial charge in [0.2, 0.25) is 5.91 Å². The summed E-state index contributed by atoms with van der Waals surface area (Å²) in [5.74, 6) is 2.00. The van der Waals surface area contributed by atoms with Gasteiger partial charge in [0.25, 0.3) is 0 Å². The number of terminal acetylenes is 1. The van der Waals surface area contributed by atoms with Crippen LogP contribution in [0.4, 0.5) is 0 Å². The molecule has 2 N–H and O–H groups in total. The Labute approximate surface area is 323 Å². The minimum absolute atomic E-state index is 0.0629. The number of amides is 1. The van der Waals surface area contributed by atoms with E-state index in [2.05, 4.69) is 16.6 Å². The van der Waals surface area contributed by atoms with Crippen molar-refractivity contribution >= 4 is 23.8 Å². The molecule has 1 aliphatic heterocycles. The zero-order chi connectivity index (χ0) is 40.4. The van der Waals surface area contributed by atoms with Gasteiger partial charge in [-0.1, -0.05) is 18.1 Å². The van der Waals surface area contributed by atoms with Gasteiger partial charge in [-0.3, -0.25) is 38.8 Å². The van der Waals surface area contributed by atoms with E-state index in [1.54, 1.807) is 0 Å². The van der Waals surface area contributed by atoms with E-state index >= 15 is 0 Å². The molecule has 54 heavy (non-hydrogen) atoms. The number of nitrogens with zero attached hydrogens (tertiary/aromatic N) is 4. The Balaban J connectivity index is 2.12. The monoisotopic (exact) mass is 758 g/mol. The topological polar surface area (TPSA) is 142 Å². The van der Waals surface area contributed by atoms with Crippen LogP contribution < -0.4 is 15.4 Å². The van der Waals surface area contributed by atoms with Crippen LogP contribution in [0.25, 0.3) is 0 Å². The maximum Gasteiger partial charge on any atom is 0.320 e. The van der Waals surface area contributed by atoms with Crippen LogP contribution >= 0.6 is 0 Å². The summed E-state index contributed by atoms with van der Waals surface area (Å²) in [5, 5.41) is 6.35. The fraction of sp³-hybridized carbons (Fsp3) is 0.700. The van der Waals surface area contributed by atoms with Crippen LogP contribution in [0.3, 0.4) is 0 Å². The molecular weight excluding hydrogens is 692 g/mol. The van der Waals surface area contributed by atoms with Gasteiger partial charge >= 0.3 is 17.9 Å². The van der Waals surface area contributed by atoms with Gasteiger partial charge in [-0.25, -0.2) is 0 Å². The second kappa shape index (κ2) is 22.6. The number of hydrogen-bond donors (Lipinski definition) is 2. The third kappa shape index (κ3) is 22.5. The third-order valence-corrected chi connectivity index (χ3v) is 7.81. The zero-order valence-electron chi connectivity index (χ0n) is 34.3. The summed E-state index contributed by atoms with van der Waals surface area (Å²) < 4.78 is 22.3. The second-order valence-corrected chi connectivity index (χ2v) is 16.5. The van der Waals surface area contributed by atoms with Crippen LogP contribution in [-0.2, 0) is 39.9 Å². The van der Waals surface area contributed by atoms with Crippen molar-refractivity contribution in [2.24, 2.45) is 0 Å². The zero-order valence-corrected chi connectivity index (χ0v) is 34.3. The molecule has 0 bridgehead atoms. The highest BCUT2D eigenvalue weighted by atomic mass is 16.6. The maximum absolute atomic E-state index is 13.2. The van der Waals surface area contributed by atoms with Crippen molar-refractivity contribution in [2.45, 2.75) is 85.7 Å². The van der Waals surface area contributed by atoms with Crippen molar-refractivity contribution in [3.05, 3.63) is 29.8 Å². The molecule has 2 rings (SSSR count). The molecule has 0 saturated carbocycles. The Bertz CT molecular complexity index is 1310. The Morgan fingerprint density at radius 2 is 0.981 bits per heavy atom. The molecule has 0 aromatic heterocycles. The molecule has 0 unspecified atom stereocenters. The van der Waals surface area contributed by atoms with Gasteiger partial charge in [0.1, 0.15) is 29.2 Å². The highest BCUT2D eigenvalue weighted by Crippen LogP contribution is 2.13. The molecule has 0 aliphatic carbocycles. The lowest BCUT2D eigenvalue weighted by atomic mass is 10.2. The SMILES string of the molecule is C#CCOc1ccc(CNCCNC(=O)CN2CCN(CC(=O)OC(C)(C)C)CCN(CC(=O)OC(C)(C)C)CCN(CC(=O)OC(C)(C)C)CC2)cc1. The van der Waals surface area contributed by atoms with E-state index in [0.29, 0.717) is 77.7 Å². The Morgan fingerprint density at radius 1 is 0.611 bits per heavy atom. The first-order valence-corrected chi connectivity index (χ1v) is 18.9. The van der Waals surface area contributed by atoms with E-state index in [1.165, 1.54) is 0 Å². The minimum Gasteiger partial charge on any atom is -0.481 e. The fourth-order valence-corrected chi connectivity index (χ4v) is 5.49. The van der Waals surface area contributed by atoms with Gasteiger partial charge in [0.15, 0.2) is 0 Å². The molecule has 14 heteroatoms. The standard InChI is InChI=1S/C40H66N6O8/c1-11-26-51-33-14-12-32(13-15-33)27-41-16-17-42-34(47)28-43-18-20-44(29-35(48)52-38(2,3)4)22-24-46(31-37(50)54-40(8,9)10)25-23-45(21-19-43)30-36(49)53-39(5,6)7/h1,12-15,41H,16-31H2,2-10H3,(H,42,47). The van der Waals surface area contributed by atoms with Crippen LogP contribution in [0.2, 0.25) is 0 Å². The molecule has 1 aliphatic rings. The summed E-state index contributed by atoms with van der Waals surface area (Å²) in [6.07, 6.45) is 5.25. The summed E-state index contributed by atoms with van der Waals surface area (Å²) in [6, 6.07) is 7.67. The van der Waals surface area contributed by atoms with Gasteiger partial charge < -0.3 is 29.6 Å². The van der Waals surface area contributed by atoms with Crippen molar-refractivity contribution in [1.29, 1.82) is 0 Å². The van der Waals surface area contributed by atoms with Gasteiger partial charge in [-0.05, 0) is 80.0 Å². The largest absolute Gasteiger partial charge is 0.481 e. The minimum atomic E-state index is -0.634. The molecule has 0 spiro atoms. The number of esters is 3. The number of carbonyl (C=O) groups is 4. The normalized spacial score (nSPS) is 16.3. The molecule has 1 saturated heterocycles. The first kappa shape index (κ1) is 46.4. The van der Waals surface area contributed by atoms with Crippen LogP contribution in [-0.4, -0.2) is 158 Å². The smallest absolute Gasteiger partial charge is 0.320 e. The highest BCUT2D eigenvalue weighted by Gasteiger charge is 2.26. The summed E-state index contributed by atoms with van der Waals surface area (Å²) in [7, 11) is 0. The molecule has 1 aromatic carbocycles. The molecular formula is C40H66N6O8. The maximum atomic E-state index is 13.2. The molecule has 0 radical (unpaired) electrons. The van der Waals surface area contributed by atoms with Crippen molar-refractivity contribution in [1.82, 2.24) is 30.2 Å². The molecule has 0 atom stereocenters. The van der Waals surface area contributed by atoms with E-state index in [4.69, 9.17) is 25.4 Å². The van der Waals surface area contributed by atoms with Gasteiger partial charge in [-0.2, -0.15) is 0 Å². The van der Waals surface area contributed by atoms with Crippen molar-refractivity contribution in [3.8, 4) is 18.1 Å². The lowest BCUT2D eigenvalue weighted by Gasteiger charge is -2.34. The quantitative estimate of drug-likeness (QED) is 0.117. The molecule has 1 fully saturated rings. The van der Waals surface area contributed by atoms with Crippen molar-refractivity contribution in [2.75, 3.05) is 98.2 Å². The summed E-state index contributed by atoms with van der Waals surface area (Å²) in [6.45, 7) is 22.5. The number of ether oxygens (including phenoxy) is 4. The average molecular weight is 759 g/mol. The van der Waals surface area contributed by atoms with Crippen LogP contribution in [0.5, 0.6) is 5.75 Å². The number of rotatable bonds is 15. The van der Waals surface area contributed by atoms with Crippen molar-refractivity contribution < 1.29 is 38.1 Å². The van der Waals surface area contributed by atoms with Gasteiger partial charge in [0, 0.05) is 72.0 Å². The fourth-order valence-electron chi connectivity index (χ4n) is 5.49. The second-order valence-electron chi connectivity index (χ2n) is 16.5. The Morgan fingerprint density at radius 3 is 1.33 bits per heavy atom. The first-order valence-electron chi connectivity index (χ1n) is 18.9. The summed E-state index contributed by atoms with van der Waals surface area (Å²) in [5.41, 5.74) is -0.822. The van der Waals surface area contributed by atoms with Gasteiger partial charge in [-0.15, -0.1) is 6.42 Å². The summed E-state index contributed by atoms with van der Waals surface area (Å²) in [4.78, 5) is 60.0. The molecule has 1 amide bonds. The Hall–Kier alpha value is -3.74. The highest BCUT2D eigenvalue weighted by molar-refractivity contribution is 5.78. The predicted octanol–water partition coefficient (Wildman–Crippen LogP) is 2.15. The molecule has 1 aromatic rings. The summed E-state index contributed by atoms with van der Waals surface area (Å²) >= 11 is 0. The van der Waals surface area contributed by atoms with E-state index in [1.807, 2.05) is 106 Å². The molecule has 304 valence electrons. The number of hydrogen-bond acceptors (Lipinski definition) is 13. The first-order chi connectivity index (χ1) is 25.2. The van der Waals surface area contributed by atoms with Crippen LogP contribution in [0, 0.1) is 12.3 Å². The van der Waals surface area contributed by atoms with E-state index < -0.39 is 16.8 Å². The van der Waals surface area contributed by atoms with E-state index in [9.17, 15) is 19.2 Å². The lowest BCUT2D eigenvalue weighted by molar-refractivity contribution is -0.158. The van der Waals surface area contributed by atoms with Crippen LogP contribution in [0.15, 0.2) is 24.3 Å².